The van der Waals surface area contributed by atoms with Gasteiger partial charge >= 0.3 is 0 Å². The minimum Gasteiger partial charge on any atom is -0.485 e. The van der Waals surface area contributed by atoms with Crippen molar-refractivity contribution in [3.63, 3.8) is 0 Å². The second kappa shape index (κ2) is 5.49. The Balaban J connectivity index is 2.86. The largest absolute Gasteiger partial charge is 0.485 e. The lowest BCUT2D eigenvalue weighted by Crippen LogP contribution is -2.17. The maximum atomic E-state index is 11.5. The number of hydrogen-bond acceptors (Lipinski definition) is 3. The lowest BCUT2D eigenvalue weighted by atomic mass is 10.1. The van der Waals surface area contributed by atoms with Crippen molar-refractivity contribution in [1.29, 1.82) is 5.26 Å². The van der Waals surface area contributed by atoms with E-state index in [2.05, 4.69) is 6.07 Å². The summed E-state index contributed by atoms with van der Waals surface area (Å²) in [4.78, 5) is 11.5. The lowest BCUT2D eigenvalue weighted by Gasteiger charge is -2.12. The van der Waals surface area contributed by atoms with E-state index in [-0.39, 0.29) is 18.3 Å². The molecule has 1 rings (SSSR count). The summed E-state index contributed by atoms with van der Waals surface area (Å²) >= 11 is 0. The van der Waals surface area contributed by atoms with Gasteiger partial charge in [0.2, 0.25) is 0 Å². The fraction of sp³-hybridized carbons (Fsp3) is 0.429. The molecule has 1 aromatic carbocycles. The van der Waals surface area contributed by atoms with Crippen LogP contribution < -0.4 is 4.74 Å². The highest BCUT2D eigenvalue weighted by atomic mass is 16.5. The number of hydrogen-bond donors (Lipinski definition) is 0. The zero-order chi connectivity index (χ0) is 13.0. The van der Waals surface area contributed by atoms with E-state index in [0.29, 0.717) is 11.3 Å². The summed E-state index contributed by atoms with van der Waals surface area (Å²) in [5.41, 5.74) is 2.39. The maximum Gasteiger partial charge on any atom is 0.172 e. The first-order valence-electron chi connectivity index (χ1n) is 5.62. The molecule has 0 bridgehead atoms. The number of ether oxygens (including phenoxy) is 1. The molecule has 0 saturated heterocycles. The van der Waals surface area contributed by atoms with E-state index in [9.17, 15) is 4.79 Å². The van der Waals surface area contributed by atoms with Gasteiger partial charge in [-0.2, -0.15) is 5.26 Å². The average molecular weight is 231 g/mol. The van der Waals surface area contributed by atoms with Crippen LogP contribution in [-0.2, 0) is 4.79 Å². The highest BCUT2D eigenvalue weighted by Crippen LogP contribution is 2.24. The first-order chi connectivity index (χ1) is 7.95. The van der Waals surface area contributed by atoms with Gasteiger partial charge in [-0.3, -0.25) is 4.79 Å². The van der Waals surface area contributed by atoms with Gasteiger partial charge in [-0.15, -0.1) is 0 Å². The topological polar surface area (TPSA) is 50.1 Å². The van der Waals surface area contributed by atoms with Crippen molar-refractivity contribution >= 4 is 5.78 Å². The molecule has 0 atom stereocenters. The third kappa shape index (κ3) is 3.32. The number of benzene rings is 1. The van der Waals surface area contributed by atoms with Crippen molar-refractivity contribution in [3.05, 3.63) is 28.8 Å². The van der Waals surface area contributed by atoms with E-state index < -0.39 is 0 Å². The molecule has 0 aromatic heterocycles. The number of nitrogens with zero attached hydrogens (tertiary/aromatic N) is 1. The zero-order valence-electron chi connectivity index (χ0n) is 10.7. The number of carbonyl (C=O) groups excluding carboxylic acids is 1. The molecule has 0 unspecified atom stereocenters. The van der Waals surface area contributed by atoms with Gasteiger partial charge in [-0.05, 0) is 37.1 Å². The van der Waals surface area contributed by atoms with Crippen LogP contribution in [0.5, 0.6) is 5.75 Å². The Bertz CT molecular complexity index is 447. The number of ketones is 1. The molecule has 0 fully saturated rings. The quantitative estimate of drug-likeness (QED) is 0.800. The van der Waals surface area contributed by atoms with Crippen LogP contribution in [0.15, 0.2) is 12.1 Å². The molecule has 3 nitrogen and oxygen atoms in total. The fourth-order valence-corrected chi connectivity index (χ4v) is 1.55. The van der Waals surface area contributed by atoms with Gasteiger partial charge in [0.15, 0.2) is 5.78 Å². The molecule has 1 aromatic rings. The van der Waals surface area contributed by atoms with Gasteiger partial charge in [-0.1, -0.05) is 13.8 Å². The summed E-state index contributed by atoms with van der Waals surface area (Å²) in [7, 11) is 0. The van der Waals surface area contributed by atoms with Crippen molar-refractivity contribution in [2.45, 2.75) is 27.7 Å². The monoisotopic (exact) mass is 231 g/mol. The van der Waals surface area contributed by atoms with E-state index in [0.717, 1.165) is 11.1 Å². The summed E-state index contributed by atoms with van der Waals surface area (Å²) in [6.07, 6.45) is 0. The first-order valence-corrected chi connectivity index (χ1v) is 5.62. The number of aryl methyl sites for hydroxylation is 2. The molecular weight excluding hydrogens is 214 g/mol. The Labute approximate surface area is 102 Å². The number of Topliss-reactive ketones (excluding diaryl/α,β-unsaturated/α-hetero) is 1. The Hall–Kier alpha value is -1.82. The van der Waals surface area contributed by atoms with Crippen molar-refractivity contribution < 1.29 is 9.53 Å². The van der Waals surface area contributed by atoms with Crippen LogP contribution in [-0.4, -0.2) is 12.4 Å². The number of nitriles is 1. The summed E-state index contributed by atoms with van der Waals surface area (Å²) in [6.45, 7) is 7.55. The predicted molar refractivity (Wildman–Crippen MR) is 66.0 cm³/mol. The Morgan fingerprint density at radius 2 is 1.88 bits per heavy atom. The van der Waals surface area contributed by atoms with Crippen LogP contribution in [0, 0.1) is 31.1 Å². The Kier molecular flexibility index (Phi) is 4.28. The van der Waals surface area contributed by atoms with Crippen molar-refractivity contribution in [2.75, 3.05) is 6.61 Å². The molecule has 90 valence electrons. The van der Waals surface area contributed by atoms with E-state index in [4.69, 9.17) is 10.00 Å². The molecule has 0 aliphatic carbocycles. The van der Waals surface area contributed by atoms with Crippen molar-refractivity contribution in [1.82, 2.24) is 0 Å². The molecule has 0 aliphatic rings. The Morgan fingerprint density at radius 1 is 1.35 bits per heavy atom. The van der Waals surface area contributed by atoms with Gasteiger partial charge in [-0.25, -0.2) is 0 Å². The predicted octanol–water partition coefficient (Wildman–Crippen LogP) is 2.78. The smallest absolute Gasteiger partial charge is 0.172 e. The summed E-state index contributed by atoms with van der Waals surface area (Å²) in [5.74, 6) is 0.764. The number of carbonyl (C=O) groups is 1. The van der Waals surface area contributed by atoms with Gasteiger partial charge in [0.05, 0.1) is 11.6 Å². The van der Waals surface area contributed by atoms with E-state index in [1.54, 1.807) is 12.1 Å². The van der Waals surface area contributed by atoms with Gasteiger partial charge in [0.25, 0.3) is 0 Å². The van der Waals surface area contributed by atoms with Crippen LogP contribution in [0.25, 0.3) is 0 Å². The van der Waals surface area contributed by atoms with Crippen LogP contribution in [0.1, 0.15) is 30.5 Å². The first kappa shape index (κ1) is 13.2. The average Bonchev–Trinajstić information content (AvgIpc) is 2.27. The maximum absolute atomic E-state index is 11.5. The van der Waals surface area contributed by atoms with Crippen LogP contribution in [0.3, 0.4) is 0 Å². The molecule has 0 N–H and O–H groups in total. The third-order valence-electron chi connectivity index (χ3n) is 2.59. The second-order valence-corrected chi connectivity index (χ2v) is 4.46. The summed E-state index contributed by atoms with van der Waals surface area (Å²) in [6, 6.07) is 5.63. The molecule has 3 heteroatoms. The molecule has 17 heavy (non-hydrogen) atoms. The summed E-state index contributed by atoms with van der Waals surface area (Å²) in [5, 5.41) is 8.82. The lowest BCUT2D eigenvalue weighted by molar-refractivity contribution is -0.123. The van der Waals surface area contributed by atoms with Crippen molar-refractivity contribution in [3.8, 4) is 11.8 Å². The van der Waals surface area contributed by atoms with Gasteiger partial charge < -0.3 is 4.74 Å². The van der Waals surface area contributed by atoms with E-state index in [1.165, 1.54) is 0 Å². The Morgan fingerprint density at radius 3 is 2.29 bits per heavy atom. The van der Waals surface area contributed by atoms with Crippen LogP contribution in [0.2, 0.25) is 0 Å². The molecule has 0 heterocycles. The molecule has 0 spiro atoms. The minimum absolute atomic E-state index is 0.0195. The zero-order valence-corrected chi connectivity index (χ0v) is 10.7. The molecule has 0 radical (unpaired) electrons. The highest BCUT2D eigenvalue weighted by Gasteiger charge is 2.11. The standard InChI is InChI=1S/C14H17NO2/c1-9(2)13(16)8-17-14-10(3)5-12(7-15)6-11(14)4/h5-6,9H,8H2,1-4H3. The number of rotatable bonds is 4. The van der Waals surface area contributed by atoms with Crippen LogP contribution >= 0.6 is 0 Å². The van der Waals surface area contributed by atoms with E-state index >= 15 is 0 Å². The molecular formula is C14H17NO2. The SMILES string of the molecule is Cc1cc(C#N)cc(C)c1OCC(=O)C(C)C. The van der Waals surface area contributed by atoms with Crippen LogP contribution in [0.4, 0.5) is 0 Å². The normalized spacial score (nSPS) is 10.1. The summed E-state index contributed by atoms with van der Waals surface area (Å²) < 4.78 is 5.53. The van der Waals surface area contributed by atoms with E-state index in [1.807, 2.05) is 27.7 Å². The molecule has 0 amide bonds. The van der Waals surface area contributed by atoms with Gasteiger partial charge in [0, 0.05) is 5.92 Å². The second-order valence-electron chi connectivity index (χ2n) is 4.46. The van der Waals surface area contributed by atoms with Gasteiger partial charge in [0.1, 0.15) is 12.4 Å². The molecule has 0 aliphatic heterocycles. The van der Waals surface area contributed by atoms with Crippen molar-refractivity contribution in [2.24, 2.45) is 5.92 Å². The third-order valence-corrected chi connectivity index (χ3v) is 2.59. The molecule has 0 saturated carbocycles. The fourth-order valence-electron chi connectivity index (χ4n) is 1.55. The minimum atomic E-state index is -0.0195. The highest BCUT2D eigenvalue weighted by molar-refractivity contribution is 5.81.